The van der Waals surface area contributed by atoms with Crippen molar-refractivity contribution in [1.82, 2.24) is 10.2 Å². The van der Waals surface area contributed by atoms with Gasteiger partial charge in [0.05, 0.1) is 0 Å². The number of aromatic hydroxyl groups is 1. The Balaban J connectivity index is 2.25. The molecule has 1 aromatic carbocycles. The Labute approximate surface area is 111 Å². The van der Waals surface area contributed by atoms with E-state index >= 15 is 0 Å². The van der Waals surface area contributed by atoms with E-state index in [1.165, 1.54) is 5.56 Å². The van der Waals surface area contributed by atoms with Gasteiger partial charge in [0.1, 0.15) is 5.75 Å². The predicted octanol–water partition coefficient (Wildman–Crippen LogP) is 2.25. The Kier molecular flexibility index (Phi) is 6.76. The molecule has 0 fully saturated rings. The van der Waals surface area contributed by atoms with Crippen LogP contribution in [0.1, 0.15) is 26.3 Å². The Hall–Kier alpha value is -1.06. The Morgan fingerprint density at radius 3 is 2.33 bits per heavy atom. The van der Waals surface area contributed by atoms with Crippen LogP contribution in [0.25, 0.3) is 0 Å². The van der Waals surface area contributed by atoms with Gasteiger partial charge in [-0.3, -0.25) is 0 Å². The molecule has 0 aliphatic carbocycles. The zero-order valence-corrected chi connectivity index (χ0v) is 11.8. The highest BCUT2D eigenvalue weighted by Crippen LogP contribution is 2.11. The molecule has 3 nitrogen and oxygen atoms in total. The third-order valence-electron chi connectivity index (χ3n) is 3.29. The molecule has 0 aliphatic heterocycles. The van der Waals surface area contributed by atoms with Crippen molar-refractivity contribution in [2.45, 2.75) is 33.2 Å². The molecule has 0 heterocycles. The fourth-order valence-electron chi connectivity index (χ4n) is 2.07. The summed E-state index contributed by atoms with van der Waals surface area (Å²) in [5.41, 5.74) is 1.26. The highest BCUT2D eigenvalue weighted by atomic mass is 16.3. The van der Waals surface area contributed by atoms with Gasteiger partial charge in [-0.15, -0.1) is 0 Å². The Morgan fingerprint density at radius 2 is 1.78 bits per heavy atom. The molecule has 0 bridgehead atoms. The van der Waals surface area contributed by atoms with Crippen LogP contribution in [-0.2, 0) is 6.42 Å². The highest BCUT2D eigenvalue weighted by Gasteiger charge is 2.04. The van der Waals surface area contributed by atoms with E-state index in [2.05, 4.69) is 31.0 Å². The monoisotopic (exact) mass is 250 g/mol. The number of likely N-dealkylation sites (N-methyl/N-ethyl adjacent to an activating group) is 1. The molecule has 0 spiro atoms. The summed E-state index contributed by atoms with van der Waals surface area (Å²) in [5.74, 6) is 0.334. The lowest BCUT2D eigenvalue weighted by atomic mass is 10.1. The molecule has 1 unspecified atom stereocenters. The number of rotatable bonds is 8. The van der Waals surface area contributed by atoms with Gasteiger partial charge in [0.2, 0.25) is 0 Å². The first-order chi connectivity index (χ1) is 8.65. The zero-order valence-electron chi connectivity index (χ0n) is 11.8. The van der Waals surface area contributed by atoms with Gasteiger partial charge in [0.25, 0.3) is 0 Å². The number of nitrogens with zero attached hydrogens (tertiary/aromatic N) is 1. The van der Waals surface area contributed by atoms with Gasteiger partial charge in [-0.1, -0.05) is 26.0 Å². The summed E-state index contributed by atoms with van der Waals surface area (Å²) in [4.78, 5) is 2.42. The van der Waals surface area contributed by atoms with E-state index in [-0.39, 0.29) is 0 Å². The first-order valence-corrected chi connectivity index (χ1v) is 6.89. The first-order valence-electron chi connectivity index (χ1n) is 6.89. The van der Waals surface area contributed by atoms with Crippen LogP contribution in [-0.4, -0.2) is 42.2 Å². The van der Waals surface area contributed by atoms with Gasteiger partial charge in [-0.05, 0) is 44.1 Å². The topological polar surface area (TPSA) is 35.5 Å². The molecule has 1 rings (SSSR count). The molecule has 3 heteroatoms. The molecule has 1 atom stereocenters. The minimum absolute atomic E-state index is 0.334. The van der Waals surface area contributed by atoms with E-state index in [0.29, 0.717) is 11.8 Å². The smallest absolute Gasteiger partial charge is 0.115 e. The fraction of sp³-hybridized carbons (Fsp3) is 0.600. The summed E-state index contributed by atoms with van der Waals surface area (Å²) in [6.45, 7) is 11.0. The second kappa shape index (κ2) is 8.11. The van der Waals surface area contributed by atoms with Crippen molar-refractivity contribution in [2.75, 3.05) is 26.2 Å². The minimum Gasteiger partial charge on any atom is -0.508 e. The lowest BCUT2D eigenvalue weighted by Gasteiger charge is -2.20. The molecule has 102 valence electrons. The Morgan fingerprint density at radius 1 is 1.17 bits per heavy atom. The molecular weight excluding hydrogens is 224 g/mol. The van der Waals surface area contributed by atoms with E-state index in [9.17, 15) is 5.11 Å². The largest absolute Gasteiger partial charge is 0.508 e. The Bertz CT molecular complexity index is 320. The fourth-order valence-corrected chi connectivity index (χ4v) is 2.07. The molecule has 0 amide bonds. The summed E-state index contributed by atoms with van der Waals surface area (Å²) >= 11 is 0. The molecule has 0 aliphatic rings. The van der Waals surface area contributed by atoms with Crippen molar-refractivity contribution in [3.8, 4) is 5.75 Å². The van der Waals surface area contributed by atoms with E-state index in [4.69, 9.17) is 0 Å². The maximum atomic E-state index is 9.23. The summed E-state index contributed by atoms with van der Waals surface area (Å²) in [6, 6.07) is 7.93. The molecule has 0 aromatic heterocycles. The van der Waals surface area contributed by atoms with E-state index in [0.717, 1.165) is 32.6 Å². The molecule has 2 N–H and O–H groups in total. The van der Waals surface area contributed by atoms with Crippen molar-refractivity contribution in [3.63, 3.8) is 0 Å². The van der Waals surface area contributed by atoms with Crippen LogP contribution in [0.5, 0.6) is 5.75 Å². The van der Waals surface area contributed by atoms with Crippen molar-refractivity contribution in [2.24, 2.45) is 0 Å². The van der Waals surface area contributed by atoms with Crippen molar-refractivity contribution < 1.29 is 5.11 Å². The maximum absolute atomic E-state index is 9.23. The summed E-state index contributed by atoms with van der Waals surface area (Å²) in [5, 5.41) is 12.8. The van der Waals surface area contributed by atoms with Crippen LogP contribution in [0.3, 0.4) is 0 Å². The summed E-state index contributed by atoms with van der Waals surface area (Å²) in [7, 11) is 0. The molecule has 0 saturated heterocycles. The quantitative estimate of drug-likeness (QED) is 0.743. The number of phenolic OH excluding ortho intramolecular Hbond substituents is 1. The SMILES string of the molecule is CCN(CC)CCNC(C)Cc1ccc(O)cc1. The normalized spacial score (nSPS) is 12.9. The number of benzene rings is 1. The van der Waals surface area contributed by atoms with Crippen LogP contribution in [0, 0.1) is 0 Å². The second-order valence-electron chi connectivity index (χ2n) is 4.75. The van der Waals surface area contributed by atoms with Crippen LogP contribution in [0.2, 0.25) is 0 Å². The molecule has 0 saturated carbocycles. The number of nitrogens with one attached hydrogen (secondary N) is 1. The van der Waals surface area contributed by atoms with Crippen LogP contribution in [0.15, 0.2) is 24.3 Å². The molecule has 0 radical (unpaired) electrons. The average Bonchev–Trinajstić information content (AvgIpc) is 2.37. The minimum atomic E-state index is 0.334. The zero-order chi connectivity index (χ0) is 13.4. The third kappa shape index (κ3) is 5.52. The maximum Gasteiger partial charge on any atom is 0.115 e. The lowest BCUT2D eigenvalue weighted by molar-refractivity contribution is 0.297. The van der Waals surface area contributed by atoms with Crippen LogP contribution >= 0.6 is 0 Å². The summed E-state index contributed by atoms with van der Waals surface area (Å²) < 4.78 is 0. The second-order valence-corrected chi connectivity index (χ2v) is 4.75. The summed E-state index contributed by atoms with van der Waals surface area (Å²) in [6.07, 6.45) is 0.999. The predicted molar refractivity (Wildman–Crippen MR) is 77.1 cm³/mol. The number of hydrogen-bond donors (Lipinski definition) is 2. The molecule has 1 aromatic rings. The highest BCUT2D eigenvalue weighted by molar-refractivity contribution is 5.26. The number of phenols is 1. The van der Waals surface area contributed by atoms with Crippen molar-refractivity contribution >= 4 is 0 Å². The van der Waals surface area contributed by atoms with Gasteiger partial charge >= 0.3 is 0 Å². The van der Waals surface area contributed by atoms with E-state index < -0.39 is 0 Å². The van der Waals surface area contributed by atoms with Crippen molar-refractivity contribution in [1.29, 1.82) is 0 Å². The lowest BCUT2D eigenvalue weighted by Crippen LogP contribution is -2.36. The molecular formula is C15H26N2O. The van der Waals surface area contributed by atoms with Gasteiger partial charge in [-0.2, -0.15) is 0 Å². The van der Waals surface area contributed by atoms with Crippen LogP contribution in [0.4, 0.5) is 0 Å². The van der Waals surface area contributed by atoms with Gasteiger partial charge < -0.3 is 15.3 Å². The van der Waals surface area contributed by atoms with E-state index in [1.807, 2.05) is 12.1 Å². The first kappa shape index (κ1) is 15.0. The van der Waals surface area contributed by atoms with Gasteiger partial charge in [0, 0.05) is 19.1 Å². The van der Waals surface area contributed by atoms with Gasteiger partial charge in [0.15, 0.2) is 0 Å². The number of hydrogen-bond acceptors (Lipinski definition) is 3. The van der Waals surface area contributed by atoms with Gasteiger partial charge in [-0.25, -0.2) is 0 Å². The standard InChI is InChI=1S/C15H26N2O/c1-4-17(5-2)11-10-16-13(3)12-14-6-8-15(18)9-7-14/h6-9,13,16,18H,4-5,10-12H2,1-3H3. The van der Waals surface area contributed by atoms with Crippen molar-refractivity contribution in [3.05, 3.63) is 29.8 Å². The molecule has 18 heavy (non-hydrogen) atoms. The third-order valence-corrected chi connectivity index (χ3v) is 3.29. The average molecular weight is 250 g/mol. The van der Waals surface area contributed by atoms with Crippen LogP contribution < -0.4 is 5.32 Å². The van der Waals surface area contributed by atoms with E-state index in [1.54, 1.807) is 12.1 Å².